The maximum atomic E-state index is 13.5. The molecule has 1 aliphatic rings. The topological polar surface area (TPSA) is 58.6 Å². The van der Waals surface area contributed by atoms with Crippen molar-refractivity contribution < 1.29 is 17.5 Å². The van der Waals surface area contributed by atoms with Gasteiger partial charge in [0.05, 0.1) is 4.90 Å². The van der Waals surface area contributed by atoms with Gasteiger partial charge in [-0.3, -0.25) is 0 Å². The van der Waals surface area contributed by atoms with Gasteiger partial charge in [0.25, 0.3) is 0 Å². The highest BCUT2D eigenvalue weighted by Gasteiger charge is 2.32. The molecule has 7 heteroatoms. The lowest BCUT2D eigenvalue weighted by molar-refractivity contribution is 0.215. The van der Waals surface area contributed by atoms with E-state index >= 15 is 0 Å². The first-order valence-electron chi connectivity index (χ1n) is 10.4. The molecule has 0 saturated carbocycles. The molecule has 0 aromatic heterocycles. The van der Waals surface area contributed by atoms with Crippen molar-refractivity contribution in [3.05, 3.63) is 59.9 Å². The van der Waals surface area contributed by atoms with E-state index in [1.54, 1.807) is 28.6 Å². The number of halogens is 1. The predicted octanol–water partition coefficient (Wildman–Crippen LogP) is 3.94. The Morgan fingerprint density at radius 1 is 1.03 bits per heavy atom. The third-order valence-corrected chi connectivity index (χ3v) is 7.40. The van der Waals surface area contributed by atoms with Gasteiger partial charge in [0.15, 0.2) is 0 Å². The average molecular weight is 435 g/mol. The largest absolute Gasteiger partial charge is 0.492 e. The van der Waals surface area contributed by atoms with Crippen LogP contribution in [0.3, 0.4) is 0 Å². The Morgan fingerprint density at radius 3 is 2.20 bits per heavy atom. The van der Waals surface area contributed by atoms with Gasteiger partial charge in [-0.2, -0.15) is 4.31 Å². The molecule has 2 aromatic carbocycles. The Hall–Kier alpha value is -1.96. The highest BCUT2D eigenvalue weighted by molar-refractivity contribution is 7.89. The van der Waals surface area contributed by atoms with Crippen LogP contribution in [0.15, 0.2) is 53.4 Å². The molecule has 0 atom stereocenters. The van der Waals surface area contributed by atoms with Crippen LogP contribution in [-0.2, 0) is 15.4 Å². The Morgan fingerprint density at radius 2 is 1.63 bits per heavy atom. The molecular weight excluding hydrogens is 403 g/mol. The average Bonchev–Trinajstić information content (AvgIpc) is 2.72. The Bertz CT molecular complexity index is 916. The van der Waals surface area contributed by atoms with Crippen LogP contribution >= 0.6 is 0 Å². The minimum atomic E-state index is -3.66. The molecule has 0 spiro atoms. The van der Waals surface area contributed by atoms with Crippen molar-refractivity contribution in [2.45, 2.75) is 50.0 Å². The molecule has 5 nitrogen and oxygen atoms in total. The molecule has 2 aromatic rings. The van der Waals surface area contributed by atoms with Gasteiger partial charge in [0.2, 0.25) is 10.0 Å². The fraction of sp³-hybridized carbons (Fsp3) is 0.478. The van der Waals surface area contributed by atoms with E-state index in [2.05, 4.69) is 26.1 Å². The predicted molar refractivity (Wildman–Crippen MR) is 117 cm³/mol. The van der Waals surface area contributed by atoms with Crippen LogP contribution < -0.4 is 10.1 Å². The summed E-state index contributed by atoms with van der Waals surface area (Å²) in [6.07, 6.45) is 1.52. The maximum Gasteiger partial charge on any atom is 0.243 e. The van der Waals surface area contributed by atoms with Crippen LogP contribution in [0.5, 0.6) is 5.75 Å². The van der Waals surface area contributed by atoms with E-state index in [4.69, 9.17) is 4.74 Å². The molecular formula is C23H31FN2O3S. The number of benzene rings is 2. The first-order chi connectivity index (χ1) is 14.2. The van der Waals surface area contributed by atoms with Gasteiger partial charge in [-0.15, -0.1) is 0 Å². The molecule has 0 aliphatic carbocycles. The van der Waals surface area contributed by atoms with Crippen molar-refractivity contribution in [3.63, 3.8) is 0 Å². The first kappa shape index (κ1) is 22.7. The summed E-state index contributed by atoms with van der Waals surface area (Å²) in [5.74, 6) is 0.188. The van der Waals surface area contributed by atoms with Crippen molar-refractivity contribution in [2.24, 2.45) is 0 Å². The molecule has 3 rings (SSSR count). The van der Waals surface area contributed by atoms with E-state index in [0.29, 0.717) is 10.6 Å². The number of hydrogen-bond acceptors (Lipinski definition) is 4. The molecule has 30 heavy (non-hydrogen) atoms. The van der Waals surface area contributed by atoms with Gasteiger partial charge in [-0.25, -0.2) is 12.8 Å². The van der Waals surface area contributed by atoms with Crippen LogP contribution in [0.25, 0.3) is 0 Å². The molecule has 1 N–H and O–H groups in total. The fourth-order valence-electron chi connectivity index (χ4n) is 3.64. The molecule has 1 aliphatic heterocycles. The number of piperidine rings is 1. The molecule has 1 saturated heterocycles. The second kappa shape index (κ2) is 9.45. The molecule has 164 valence electrons. The van der Waals surface area contributed by atoms with Crippen molar-refractivity contribution in [1.29, 1.82) is 0 Å². The minimum absolute atomic E-state index is 0.0417. The summed E-state index contributed by atoms with van der Waals surface area (Å²) in [6, 6.07) is 12.9. The maximum absolute atomic E-state index is 13.5. The van der Waals surface area contributed by atoms with E-state index in [-0.39, 0.29) is 30.4 Å². The number of nitrogens with one attached hydrogen (secondary N) is 1. The molecule has 1 heterocycles. The zero-order chi connectivity index (χ0) is 21.8. The zero-order valence-electron chi connectivity index (χ0n) is 17.9. The number of nitrogens with zero attached hydrogens (tertiary/aromatic N) is 1. The Kier molecular flexibility index (Phi) is 7.16. The summed E-state index contributed by atoms with van der Waals surface area (Å²) in [4.78, 5) is 0.302. The second-order valence-corrected chi connectivity index (χ2v) is 10.6. The summed E-state index contributed by atoms with van der Waals surface area (Å²) < 4.78 is 47.3. The Balaban J connectivity index is 1.78. The van der Waals surface area contributed by atoms with Crippen LogP contribution in [0.1, 0.15) is 39.2 Å². The SMILES string of the molecule is CC(C)(C)c1ccc(S(=O)(=O)N(CCOc2ccc(F)cc2)C2CCNCC2)cc1. The highest BCUT2D eigenvalue weighted by atomic mass is 32.2. The number of hydrogen-bond donors (Lipinski definition) is 1. The molecule has 0 amide bonds. The van der Waals surface area contributed by atoms with Crippen molar-refractivity contribution in [1.82, 2.24) is 9.62 Å². The van der Waals surface area contributed by atoms with E-state index < -0.39 is 10.0 Å². The second-order valence-electron chi connectivity index (χ2n) is 8.67. The van der Waals surface area contributed by atoms with Gasteiger partial charge in [-0.1, -0.05) is 32.9 Å². The van der Waals surface area contributed by atoms with Gasteiger partial charge in [0.1, 0.15) is 18.2 Å². The van der Waals surface area contributed by atoms with E-state index in [1.807, 2.05) is 12.1 Å². The summed E-state index contributed by atoms with van der Waals surface area (Å²) in [5, 5.41) is 3.28. The lowest BCUT2D eigenvalue weighted by Gasteiger charge is -2.33. The lowest BCUT2D eigenvalue weighted by atomic mass is 9.87. The zero-order valence-corrected chi connectivity index (χ0v) is 18.7. The normalized spacial score (nSPS) is 16.0. The van der Waals surface area contributed by atoms with E-state index in [1.165, 1.54) is 12.1 Å². The first-order valence-corrected chi connectivity index (χ1v) is 11.8. The van der Waals surface area contributed by atoms with Gasteiger partial charge in [-0.05, 0) is 73.3 Å². The van der Waals surface area contributed by atoms with Gasteiger partial charge in [0, 0.05) is 12.6 Å². The fourth-order valence-corrected chi connectivity index (χ4v) is 5.31. The minimum Gasteiger partial charge on any atom is -0.492 e. The van der Waals surface area contributed by atoms with Crippen LogP contribution in [-0.4, -0.2) is 45.0 Å². The number of rotatable bonds is 7. The third kappa shape index (κ3) is 5.59. The highest BCUT2D eigenvalue weighted by Crippen LogP contribution is 2.27. The number of ether oxygens (including phenoxy) is 1. The molecule has 1 fully saturated rings. The van der Waals surface area contributed by atoms with Crippen molar-refractivity contribution in [3.8, 4) is 5.75 Å². The summed E-state index contributed by atoms with van der Waals surface area (Å²) in [6.45, 7) is 8.33. The van der Waals surface area contributed by atoms with Crippen LogP contribution in [0.4, 0.5) is 4.39 Å². The third-order valence-electron chi connectivity index (χ3n) is 5.44. The molecule has 0 unspecified atom stereocenters. The van der Waals surface area contributed by atoms with Crippen LogP contribution in [0, 0.1) is 5.82 Å². The smallest absolute Gasteiger partial charge is 0.243 e. The van der Waals surface area contributed by atoms with E-state index in [0.717, 1.165) is 31.5 Å². The monoisotopic (exact) mass is 434 g/mol. The van der Waals surface area contributed by atoms with Crippen LogP contribution in [0.2, 0.25) is 0 Å². The van der Waals surface area contributed by atoms with Crippen molar-refractivity contribution >= 4 is 10.0 Å². The van der Waals surface area contributed by atoms with E-state index in [9.17, 15) is 12.8 Å². The van der Waals surface area contributed by atoms with Gasteiger partial charge >= 0.3 is 0 Å². The lowest BCUT2D eigenvalue weighted by Crippen LogP contribution is -2.47. The summed E-state index contributed by atoms with van der Waals surface area (Å²) in [5.41, 5.74) is 1.05. The summed E-state index contributed by atoms with van der Waals surface area (Å²) >= 11 is 0. The quantitative estimate of drug-likeness (QED) is 0.717. The Labute approximate surface area is 179 Å². The number of sulfonamides is 1. The van der Waals surface area contributed by atoms with Crippen molar-refractivity contribution in [2.75, 3.05) is 26.2 Å². The molecule has 0 radical (unpaired) electrons. The molecule has 0 bridgehead atoms. The standard InChI is InChI=1S/C23H31FN2O3S/c1-23(2,3)18-4-10-22(11-5-18)30(27,28)26(20-12-14-25-15-13-20)16-17-29-21-8-6-19(24)7-9-21/h4-11,20,25H,12-17H2,1-3H3. The summed E-state index contributed by atoms with van der Waals surface area (Å²) in [7, 11) is -3.66. The van der Waals surface area contributed by atoms with Gasteiger partial charge < -0.3 is 10.1 Å².